The van der Waals surface area contributed by atoms with Gasteiger partial charge in [0, 0.05) is 5.92 Å². The van der Waals surface area contributed by atoms with Crippen molar-refractivity contribution >= 4 is 12.1 Å². The molecule has 1 saturated heterocycles. The first kappa shape index (κ1) is 9.98. The smallest absolute Gasteiger partial charge is 0.318 e. The van der Waals surface area contributed by atoms with E-state index in [4.69, 9.17) is 5.73 Å². The molecule has 0 aromatic heterocycles. The van der Waals surface area contributed by atoms with Gasteiger partial charge in [-0.25, -0.2) is 9.59 Å². The summed E-state index contributed by atoms with van der Waals surface area (Å²) in [6.07, 6.45) is 0. The van der Waals surface area contributed by atoms with E-state index in [1.54, 1.807) is 0 Å². The van der Waals surface area contributed by atoms with Crippen LogP contribution in [0.4, 0.5) is 9.59 Å². The number of hydrogen-bond donors (Lipinski definition) is 2. The van der Waals surface area contributed by atoms with Crippen molar-refractivity contribution in [2.45, 2.75) is 13.8 Å². The molecule has 1 unspecified atom stereocenters. The minimum absolute atomic E-state index is 0.238. The lowest BCUT2D eigenvalue weighted by Crippen LogP contribution is -2.59. The van der Waals surface area contributed by atoms with Crippen LogP contribution in [0.15, 0.2) is 0 Å². The highest BCUT2D eigenvalue weighted by molar-refractivity contribution is 5.83. The number of amides is 4. The van der Waals surface area contributed by atoms with Crippen LogP contribution in [0.2, 0.25) is 0 Å². The molecule has 0 radical (unpaired) electrons. The number of rotatable bonds is 2. The molecule has 0 bridgehead atoms. The molecule has 5 nitrogen and oxygen atoms in total. The fourth-order valence-electron chi connectivity index (χ4n) is 1.70. The number of hydrogen-bond acceptors (Lipinski definition) is 2. The van der Waals surface area contributed by atoms with E-state index in [1.165, 1.54) is 0 Å². The van der Waals surface area contributed by atoms with E-state index in [-0.39, 0.29) is 16.4 Å². The number of primary amides is 1. The molecule has 74 valence electrons. The summed E-state index contributed by atoms with van der Waals surface area (Å²) in [5.74, 6) is 0.274. The van der Waals surface area contributed by atoms with Gasteiger partial charge >= 0.3 is 12.1 Å². The van der Waals surface area contributed by atoms with Gasteiger partial charge in [0.2, 0.25) is 0 Å². The predicted octanol–water partition coefficient (Wildman–Crippen LogP) is 0.261. The normalized spacial score (nSPS) is 27.8. The summed E-state index contributed by atoms with van der Waals surface area (Å²) in [4.78, 5) is 22.6. The Morgan fingerprint density at radius 1 is 1.69 bits per heavy atom. The maximum atomic E-state index is 11.4. The molecule has 5 heteroatoms. The largest absolute Gasteiger partial charge is 0.425 e. The molecule has 1 atom stereocenters. The summed E-state index contributed by atoms with van der Waals surface area (Å²) in [7, 11) is 0. The van der Waals surface area contributed by atoms with Crippen LogP contribution in [0.5, 0.6) is 0 Å². The van der Waals surface area contributed by atoms with Gasteiger partial charge in [0.15, 0.2) is 0 Å². The minimum atomic E-state index is -0.552. The SMILES string of the molecule is CC(C)C[N+]1(C(N)=O)CCNC1=O. The Hall–Kier alpha value is -1.10. The van der Waals surface area contributed by atoms with Crippen molar-refractivity contribution in [1.82, 2.24) is 5.32 Å². The fraction of sp³-hybridized carbons (Fsp3) is 0.750. The first-order valence-electron chi connectivity index (χ1n) is 4.44. The number of carbonyl (C=O) groups is 2. The van der Waals surface area contributed by atoms with Crippen LogP contribution in [-0.4, -0.2) is 36.2 Å². The van der Waals surface area contributed by atoms with E-state index < -0.39 is 6.03 Å². The van der Waals surface area contributed by atoms with Crippen molar-refractivity contribution in [2.24, 2.45) is 11.7 Å². The Bertz CT molecular complexity index is 240. The Labute approximate surface area is 77.5 Å². The van der Waals surface area contributed by atoms with Crippen molar-refractivity contribution in [3.63, 3.8) is 0 Å². The van der Waals surface area contributed by atoms with Crippen LogP contribution in [0, 0.1) is 5.92 Å². The molecule has 3 N–H and O–H groups in total. The van der Waals surface area contributed by atoms with Crippen molar-refractivity contribution in [2.75, 3.05) is 19.6 Å². The zero-order valence-corrected chi connectivity index (χ0v) is 8.04. The Morgan fingerprint density at radius 2 is 2.31 bits per heavy atom. The van der Waals surface area contributed by atoms with E-state index in [0.717, 1.165) is 0 Å². The number of urea groups is 2. The van der Waals surface area contributed by atoms with Gasteiger partial charge in [0.25, 0.3) is 0 Å². The quantitative estimate of drug-likeness (QED) is 0.607. The number of imide groups is 1. The lowest BCUT2D eigenvalue weighted by atomic mass is 10.2. The van der Waals surface area contributed by atoms with Gasteiger partial charge in [-0.05, 0) is 0 Å². The van der Waals surface area contributed by atoms with Crippen LogP contribution in [0.1, 0.15) is 13.8 Å². The molecule has 13 heavy (non-hydrogen) atoms. The standard InChI is InChI=1S/C8H15N3O2/c1-6(2)5-11(7(9)12)4-3-10-8(11)13/h6H,3-5H2,1-2H3,(H2-,9,10,12,13)/p+1. The summed E-state index contributed by atoms with van der Waals surface area (Å²) in [5.41, 5.74) is 5.24. The van der Waals surface area contributed by atoms with Crippen molar-refractivity contribution < 1.29 is 14.1 Å². The van der Waals surface area contributed by atoms with Gasteiger partial charge in [-0.1, -0.05) is 13.8 Å². The van der Waals surface area contributed by atoms with Gasteiger partial charge in [-0.2, -0.15) is 4.48 Å². The highest BCUT2D eigenvalue weighted by Crippen LogP contribution is 2.15. The summed E-state index contributed by atoms with van der Waals surface area (Å²) >= 11 is 0. The van der Waals surface area contributed by atoms with Crippen LogP contribution in [-0.2, 0) is 0 Å². The first-order chi connectivity index (χ1) is 5.99. The lowest BCUT2D eigenvalue weighted by Gasteiger charge is -2.26. The molecule has 1 heterocycles. The summed E-state index contributed by atoms with van der Waals surface area (Å²) in [5, 5.41) is 2.63. The van der Waals surface area contributed by atoms with Gasteiger partial charge in [-0.15, -0.1) is 0 Å². The monoisotopic (exact) mass is 186 g/mol. The number of quaternary nitrogens is 1. The molecule has 1 fully saturated rings. The van der Waals surface area contributed by atoms with Crippen molar-refractivity contribution in [3.05, 3.63) is 0 Å². The predicted molar refractivity (Wildman–Crippen MR) is 47.8 cm³/mol. The van der Waals surface area contributed by atoms with Crippen LogP contribution in [0.3, 0.4) is 0 Å². The van der Waals surface area contributed by atoms with E-state index in [2.05, 4.69) is 5.32 Å². The Balaban J connectivity index is 2.87. The molecular weight excluding hydrogens is 170 g/mol. The Kier molecular flexibility index (Phi) is 2.56. The molecule has 4 amide bonds. The highest BCUT2D eigenvalue weighted by atomic mass is 16.2. The van der Waals surface area contributed by atoms with E-state index in [1.807, 2.05) is 13.8 Å². The maximum Gasteiger partial charge on any atom is 0.425 e. The third-order valence-electron chi connectivity index (χ3n) is 2.26. The average Bonchev–Trinajstić information content (AvgIpc) is 2.32. The molecule has 1 aliphatic heterocycles. The molecule has 0 aromatic carbocycles. The number of nitrogens with one attached hydrogen (secondary N) is 1. The Morgan fingerprint density at radius 3 is 2.62 bits per heavy atom. The summed E-state index contributed by atoms with van der Waals surface area (Å²) in [6.45, 7) is 5.44. The second kappa shape index (κ2) is 3.33. The van der Waals surface area contributed by atoms with Crippen molar-refractivity contribution in [3.8, 4) is 0 Å². The van der Waals surface area contributed by atoms with E-state index >= 15 is 0 Å². The van der Waals surface area contributed by atoms with Gasteiger partial charge in [0.05, 0.1) is 13.1 Å². The summed E-state index contributed by atoms with van der Waals surface area (Å²) < 4.78 is -0.238. The third kappa shape index (κ3) is 1.65. The van der Waals surface area contributed by atoms with E-state index in [0.29, 0.717) is 19.6 Å². The highest BCUT2D eigenvalue weighted by Gasteiger charge is 2.47. The number of carbonyl (C=O) groups excluding carboxylic acids is 2. The third-order valence-corrected chi connectivity index (χ3v) is 2.26. The molecule has 0 aliphatic carbocycles. The number of nitrogens with two attached hydrogens (primary N) is 1. The average molecular weight is 186 g/mol. The van der Waals surface area contributed by atoms with Crippen LogP contribution in [0.25, 0.3) is 0 Å². The minimum Gasteiger partial charge on any atom is -0.318 e. The zero-order chi connectivity index (χ0) is 10.1. The van der Waals surface area contributed by atoms with Crippen molar-refractivity contribution in [1.29, 1.82) is 0 Å². The molecular formula is C8H16N3O2+. The number of nitrogens with zero attached hydrogens (tertiary/aromatic N) is 1. The molecule has 0 spiro atoms. The van der Waals surface area contributed by atoms with E-state index in [9.17, 15) is 9.59 Å². The second-order valence-corrected chi connectivity index (χ2v) is 3.84. The second-order valence-electron chi connectivity index (χ2n) is 3.84. The fourth-order valence-corrected chi connectivity index (χ4v) is 1.70. The lowest BCUT2D eigenvalue weighted by molar-refractivity contribution is -0.760. The molecule has 0 saturated carbocycles. The van der Waals surface area contributed by atoms with Crippen LogP contribution < -0.4 is 11.1 Å². The van der Waals surface area contributed by atoms with Gasteiger partial charge in [-0.3, -0.25) is 5.32 Å². The molecule has 1 rings (SSSR count). The maximum absolute atomic E-state index is 11.4. The van der Waals surface area contributed by atoms with Crippen LogP contribution >= 0.6 is 0 Å². The van der Waals surface area contributed by atoms with Gasteiger partial charge in [0.1, 0.15) is 6.54 Å². The molecule has 0 aromatic rings. The first-order valence-corrected chi connectivity index (χ1v) is 4.44. The summed E-state index contributed by atoms with van der Waals surface area (Å²) in [6, 6.07) is -0.815. The topological polar surface area (TPSA) is 72.2 Å². The zero-order valence-electron chi connectivity index (χ0n) is 8.04. The molecule has 1 aliphatic rings. The van der Waals surface area contributed by atoms with Gasteiger partial charge < -0.3 is 5.73 Å².